The number of amides is 1. The predicted octanol–water partition coefficient (Wildman–Crippen LogP) is 2.33. The second kappa shape index (κ2) is 9.54. The van der Waals surface area contributed by atoms with Crippen LogP contribution in [0.2, 0.25) is 0 Å². The van der Waals surface area contributed by atoms with Gasteiger partial charge in [-0.15, -0.1) is 12.4 Å². The van der Waals surface area contributed by atoms with Gasteiger partial charge in [-0.2, -0.15) is 0 Å². The maximum Gasteiger partial charge on any atom is 0.220 e. The van der Waals surface area contributed by atoms with E-state index in [4.69, 9.17) is 0 Å². The van der Waals surface area contributed by atoms with Crippen LogP contribution in [-0.4, -0.2) is 31.3 Å². The molecule has 2 N–H and O–H groups in total. The number of carbonyl (C=O) groups is 2. The van der Waals surface area contributed by atoms with E-state index < -0.39 is 0 Å². The lowest BCUT2D eigenvalue weighted by Crippen LogP contribution is -2.26. The molecule has 0 spiro atoms. The van der Waals surface area contributed by atoms with Crippen LogP contribution >= 0.6 is 12.4 Å². The topological polar surface area (TPSA) is 58.2 Å². The number of hydrogen-bond donors (Lipinski definition) is 2. The Morgan fingerprint density at radius 3 is 2.59 bits per heavy atom. The zero-order valence-corrected chi connectivity index (χ0v) is 13.3. The van der Waals surface area contributed by atoms with Crippen LogP contribution in [0.25, 0.3) is 0 Å². The molecule has 0 bridgehead atoms. The molecule has 1 fully saturated rings. The summed E-state index contributed by atoms with van der Waals surface area (Å²) in [4.78, 5) is 23.5. The average molecular weight is 329 g/mol. The van der Waals surface area contributed by atoms with E-state index in [0.29, 0.717) is 18.0 Å². The van der Waals surface area contributed by atoms with Gasteiger partial charge in [0.2, 0.25) is 5.91 Å². The second-order valence-corrected chi connectivity index (χ2v) is 5.43. The van der Waals surface area contributed by atoms with E-state index in [1.54, 1.807) is 0 Å². The fraction of sp³-hybridized carbons (Fsp3) is 0.500. The molecular formula is C16H22ClFN2O2. The van der Waals surface area contributed by atoms with Crippen molar-refractivity contribution in [3.8, 4) is 0 Å². The van der Waals surface area contributed by atoms with E-state index in [9.17, 15) is 14.0 Å². The minimum absolute atomic E-state index is 0. The smallest absolute Gasteiger partial charge is 0.220 e. The number of rotatable bonds is 7. The predicted molar refractivity (Wildman–Crippen MR) is 85.8 cm³/mol. The van der Waals surface area contributed by atoms with Gasteiger partial charge >= 0.3 is 0 Å². The van der Waals surface area contributed by atoms with Crippen molar-refractivity contribution in [2.75, 3.05) is 19.6 Å². The van der Waals surface area contributed by atoms with Gasteiger partial charge in [-0.3, -0.25) is 9.59 Å². The van der Waals surface area contributed by atoms with Gasteiger partial charge in [0.1, 0.15) is 5.82 Å². The Kier molecular flexibility index (Phi) is 8.06. The fourth-order valence-electron chi connectivity index (χ4n) is 2.47. The Labute approximate surface area is 136 Å². The van der Waals surface area contributed by atoms with Crippen molar-refractivity contribution in [1.82, 2.24) is 10.6 Å². The van der Waals surface area contributed by atoms with E-state index >= 15 is 0 Å². The van der Waals surface area contributed by atoms with Crippen molar-refractivity contribution in [3.05, 3.63) is 35.6 Å². The number of halogens is 2. The molecule has 1 aliphatic heterocycles. The third-order valence-electron chi connectivity index (χ3n) is 3.78. The standard InChI is InChI=1S/C16H21FN2O2.ClH/c17-14-3-1-13(2-4-14)15(20)5-6-16(21)19-10-8-12-7-9-18-11-12;/h1-4,12,18H,5-11H2,(H,19,21);1H. The first-order valence-corrected chi connectivity index (χ1v) is 7.41. The summed E-state index contributed by atoms with van der Waals surface area (Å²) < 4.78 is 12.8. The van der Waals surface area contributed by atoms with Gasteiger partial charge in [-0.25, -0.2) is 4.39 Å². The lowest BCUT2D eigenvalue weighted by Gasteiger charge is -2.09. The number of Topliss-reactive ketones (excluding diaryl/α,β-unsaturated/α-hetero) is 1. The first kappa shape index (κ1) is 18.6. The van der Waals surface area contributed by atoms with Gasteiger partial charge in [0.25, 0.3) is 0 Å². The van der Waals surface area contributed by atoms with Gasteiger partial charge in [0.15, 0.2) is 5.78 Å². The molecule has 122 valence electrons. The highest BCUT2D eigenvalue weighted by molar-refractivity contribution is 5.97. The molecule has 1 atom stereocenters. The van der Waals surface area contributed by atoms with Gasteiger partial charge in [-0.05, 0) is 56.1 Å². The Morgan fingerprint density at radius 2 is 1.95 bits per heavy atom. The summed E-state index contributed by atoms with van der Waals surface area (Å²) in [5.74, 6) is 0.0402. The normalized spacial score (nSPS) is 16.9. The third-order valence-corrected chi connectivity index (χ3v) is 3.78. The molecule has 1 unspecified atom stereocenters. The number of hydrogen-bond acceptors (Lipinski definition) is 3. The first-order chi connectivity index (χ1) is 10.1. The van der Waals surface area contributed by atoms with Gasteiger partial charge in [-0.1, -0.05) is 0 Å². The number of nitrogens with one attached hydrogen (secondary N) is 2. The van der Waals surface area contributed by atoms with E-state index in [1.807, 2.05) is 0 Å². The van der Waals surface area contributed by atoms with Crippen molar-refractivity contribution in [2.45, 2.75) is 25.7 Å². The van der Waals surface area contributed by atoms with Gasteiger partial charge in [0.05, 0.1) is 0 Å². The molecule has 0 saturated carbocycles. The van der Waals surface area contributed by atoms with E-state index in [1.165, 1.54) is 30.7 Å². The van der Waals surface area contributed by atoms with Crippen LogP contribution < -0.4 is 10.6 Å². The zero-order valence-electron chi connectivity index (χ0n) is 12.4. The second-order valence-electron chi connectivity index (χ2n) is 5.43. The Morgan fingerprint density at radius 1 is 1.23 bits per heavy atom. The molecule has 1 aromatic rings. The van der Waals surface area contributed by atoms with Crippen LogP contribution in [0.5, 0.6) is 0 Å². The van der Waals surface area contributed by atoms with Crippen LogP contribution in [0.1, 0.15) is 36.0 Å². The highest BCUT2D eigenvalue weighted by atomic mass is 35.5. The van der Waals surface area contributed by atoms with Crippen molar-refractivity contribution in [3.63, 3.8) is 0 Å². The number of ketones is 1. The van der Waals surface area contributed by atoms with Crippen LogP contribution in [0, 0.1) is 11.7 Å². The maximum absolute atomic E-state index is 12.8. The van der Waals surface area contributed by atoms with Crippen molar-refractivity contribution >= 4 is 24.1 Å². The van der Waals surface area contributed by atoms with Crippen LogP contribution in [0.15, 0.2) is 24.3 Å². The lowest BCUT2D eigenvalue weighted by atomic mass is 10.0. The van der Waals surface area contributed by atoms with E-state index in [-0.39, 0.29) is 42.8 Å². The Bertz CT molecular complexity index is 487. The van der Waals surface area contributed by atoms with Crippen LogP contribution in [0.3, 0.4) is 0 Å². The molecule has 0 aromatic heterocycles. The van der Waals surface area contributed by atoms with Crippen molar-refractivity contribution in [2.24, 2.45) is 5.92 Å². The molecule has 1 saturated heterocycles. The summed E-state index contributed by atoms with van der Waals surface area (Å²) >= 11 is 0. The summed E-state index contributed by atoms with van der Waals surface area (Å²) in [6.07, 6.45) is 2.48. The fourth-order valence-corrected chi connectivity index (χ4v) is 2.47. The van der Waals surface area contributed by atoms with Gasteiger partial charge in [0, 0.05) is 24.9 Å². The minimum Gasteiger partial charge on any atom is -0.356 e. The molecule has 0 aliphatic carbocycles. The summed E-state index contributed by atoms with van der Waals surface area (Å²) in [5.41, 5.74) is 0.446. The molecule has 1 aliphatic rings. The Hall–Kier alpha value is -1.46. The summed E-state index contributed by atoms with van der Waals surface area (Å²) in [7, 11) is 0. The monoisotopic (exact) mass is 328 g/mol. The third kappa shape index (κ3) is 6.12. The van der Waals surface area contributed by atoms with Crippen molar-refractivity contribution in [1.29, 1.82) is 0 Å². The van der Waals surface area contributed by atoms with E-state index in [2.05, 4.69) is 10.6 Å². The lowest BCUT2D eigenvalue weighted by molar-refractivity contribution is -0.121. The molecule has 1 aromatic carbocycles. The molecule has 2 rings (SSSR count). The molecule has 4 nitrogen and oxygen atoms in total. The SMILES string of the molecule is Cl.O=C(CCC(=O)c1ccc(F)cc1)NCCC1CCNC1. The molecule has 6 heteroatoms. The zero-order chi connectivity index (χ0) is 15.1. The molecule has 1 heterocycles. The van der Waals surface area contributed by atoms with Crippen LogP contribution in [-0.2, 0) is 4.79 Å². The largest absolute Gasteiger partial charge is 0.356 e. The highest BCUT2D eigenvalue weighted by Gasteiger charge is 2.14. The molecule has 0 radical (unpaired) electrons. The van der Waals surface area contributed by atoms with Crippen molar-refractivity contribution < 1.29 is 14.0 Å². The molecular weight excluding hydrogens is 307 g/mol. The summed E-state index contributed by atoms with van der Waals surface area (Å²) in [6, 6.07) is 5.40. The Balaban J connectivity index is 0.00000242. The molecule has 1 amide bonds. The van der Waals surface area contributed by atoms with Crippen LogP contribution in [0.4, 0.5) is 4.39 Å². The van der Waals surface area contributed by atoms with Gasteiger partial charge < -0.3 is 10.6 Å². The number of benzene rings is 1. The number of carbonyl (C=O) groups excluding carboxylic acids is 2. The van der Waals surface area contributed by atoms with E-state index in [0.717, 1.165) is 19.5 Å². The molecule has 22 heavy (non-hydrogen) atoms. The quantitative estimate of drug-likeness (QED) is 0.755. The first-order valence-electron chi connectivity index (χ1n) is 7.41. The minimum atomic E-state index is -0.370. The average Bonchev–Trinajstić information content (AvgIpc) is 2.99. The summed E-state index contributed by atoms with van der Waals surface area (Å²) in [6.45, 7) is 2.75. The highest BCUT2D eigenvalue weighted by Crippen LogP contribution is 2.11. The summed E-state index contributed by atoms with van der Waals surface area (Å²) in [5, 5.41) is 6.14. The maximum atomic E-state index is 12.8.